The van der Waals surface area contributed by atoms with Crippen molar-refractivity contribution in [3.8, 4) is 11.3 Å². The van der Waals surface area contributed by atoms with Gasteiger partial charge in [-0.15, -0.1) is 0 Å². The molecule has 2 aromatic rings. The molecule has 0 saturated heterocycles. The van der Waals surface area contributed by atoms with Crippen LogP contribution in [-0.4, -0.2) is 9.97 Å². The number of halogens is 2. The van der Waals surface area contributed by atoms with Gasteiger partial charge in [-0.05, 0) is 18.2 Å². The van der Waals surface area contributed by atoms with Crippen LogP contribution < -0.4 is 0 Å². The van der Waals surface area contributed by atoms with Crippen LogP contribution in [-0.2, 0) is 1.43 Å². The zero-order valence-corrected chi connectivity index (χ0v) is 11.9. The molecule has 0 bridgehead atoms. The van der Waals surface area contributed by atoms with Crippen molar-refractivity contribution in [2.45, 2.75) is 1.43 Å². The summed E-state index contributed by atoms with van der Waals surface area (Å²) < 4.78 is -0.0737. The standard InChI is InChI=1S/C11H6I2N2/c12-11(13)8-4-2-5-14-9(8)7-3-1-6-15-10(7)11/h1-6H. The minimum atomic E-state index is -0.0737. The van der Waals surface area contributed by atoms with Gasteiger partial charge in [-0.2, -0.15) is 0 Å². The summed E-state index contributed by atoms with van der Waals surface area (Å²) in [5.41, 5.74) is 4.60. The molecular weight excluding hydrogens is 414 g/mol. The van der Waals surface area contributed by atoms with Gasteiger partial charge in [0, 0.05) is 23.5 Å². The van der Waals surface area contributed by atoms with Gasteiger partial charge in [0.2, 0.25) is 0 Å². The lowest BCUT2D eigenvalue weighted by Crippen LogP contribution is -2.07. The summed E-state index contributed by atoms with van der Waals surface area (Å²) in [5.74, 6) is 0. The number of fused-ring (bicyclic) bond motifs is 3. The smallest absolute Gasteiger partial charge is 0.143 e. The molecule has 74 valence electrons. The Morgan fingerprint density at radius 1 is 1.00 bits per heavy atom. The van der Waals surface area contributed by atoms with Gasteiger partial charge in [-0.3, -0.25) is 9.97 Å². The van der Waals surface area contributed by atoms with E-state index in [-0.39, 0.29) is 1.43 Å². The molecular formula is C11H6I2N2. The first-order chi connectivity index (χ1) is 7.21. The molecule has 2 heterocycles. The van der Waals surface area contributed by atoms with Crippen LogP contribution in [0.5, 0.6) is 0 Å². The van der Waals surface area contributed by atoms with Crippen LogP contribution in [0.4, 0.5) is 0 Å². The summed E-state index contributed by atoms with van der Waals surface area (Å²) in [6.07, 6.45) is 3.68. The van der Waals surface area contributed by atoms with Crippen LogP contribution in [0.25, 0.3) is 11.3 Å². The molecule has 2 aromatic heterocycles. The van der Waals surface area contributed by atoms with Crippen LogP contribution in [0.1, 0.15) is 11.3 Å². The minimum Gasteiger partial charge on any atom is -0.258 e. The lowest BCUT2D eigenvalue weighted by Gasteiger charge is -2.14. The van der Waals surface area contributed by atoms with Crippen molar-refractivity contribution in [1.29, 1.82) is 0 Å². The van der Waals surface area contributed by atoms with Crippen molar-refractivity contribution in [1.82, 2.24) is 9.97 Å². The number of hydrogen-bond donors (Lipinski definition) is 0. The van der Waals surface area contributed by atoms with Crippen molar-refractivity contribution in [3.05, 3.63) is 47.9 Å². The van der Waals surface area contributed by atoms with E-state index in [1.807, 2.05) is 24.5 Å². The van der Waals surface area contributed by atoms with Crippen LogP contribution in [0.2, 0.25) is 0 Å². The Balaban J connectivity index is 2.42. The second-order valence-corrected chi connectivity index (χ2v) is 8.67. The molecule has 0 amide bonds. The number of alkyl halides is 2. The van der Waals surface area contributed by atoms with E-state index in [4.69, 9.17) is 0 Å². The molecule has 1 aliphatic carbocycles. The van der Waals surface area contributed by atoms with E-state index in [1.54, 1.807) is 0 Å². The number of aromatic nitrogens is 2. The summed E-state index contributed by atoms with van der Waals surface area (Å²) in [7, 11) is 0. The largest absolute Gasteiger partial charge is 0.258 e. The minimum absolute atomic E-state index is 0.0737. The maximum absolute atomic E-state index is 4.47. The fourth-order valence-electron chi connectivity index (χ4n) is 1.85. The molecule has 1 aliphatic rings. The number of hydrogen-bond acceptors (Lipinski definition) is 2. The van der Waals surface area contributed by atoms with Gasteiger partial charge in [0.15, 0.2) is 0 Å². The second kappa shape index (κ2) is 3.38. The molecule has 0 unspecified atom stereocenters. The number of rotatable bonds is 0. The number of pyridine rings is 2. The quantitative estimate of drug-likeness (QED) is 0.482. The average Bonchev–Trinajstić information content (AvgIpc) is 2.51. The van der Waals surface area contributed by atoms with E-state index < -0.39 is 0 Å². The Labute approximate surface area is 115 Å². The molecule has 0 aromatic carbocycles. The lowest BCUT2D eigenvalue weighted by atomic mass is 10.2. The van der Waals surface area contributed by atoms with Crippen molar-refractivity contribution >= 4 is 45.2 Å². The van der Waals surface area contributed by atoms with Gasteiger partial charge >= 0.3 is 0 Å². The van der Waals surface area contributed by atoms with Crippen LogP contribution in [0, 0.1) is 0 Å². The summed E-state index contributed by atoms with van der Waals surface area (Å²) in [5, 5.41) is 0. The molecule has 0 spiro atoms. The molecule has 0 fully saturated rings. The summed E-state index contributed by atoms with van der Waals surface area (Å²) in [4.78, 5) is 8.92. The first-order valence-corrected chi connectivity index (χ1v) is 6.66. The summed E-state index contributed by atoms with van der Waals surface area (Å²) in [6.45, 7) is 0. The Morgan fingerprint density at radius 2 is 1.73 bits per heavy atom. The first kappa shape index (κ1) is 9.95. The third kappa shape index (κ3) is 1.33. The Hall–Kier alpha value is -0.240. The monoisotopic (exact) mass is 420 g/mol. The van der Waals surface area contributed by atoms with Gasteiger partial charge in [0.25, 0.3) is 0 Å². The average molecular weight is 420 g/mol. The van der Waals surface area contributed by atoms with Gasteiger partial charge in [0.1, 0.15) is 1.43 Å². The highest BCUT2D eigenvalue weighted by Crippen LogP contribution is 2.55. The van der Waals surface area contributed by atoms with Crippen molar-refractivity contribution in [2.24, 2.45) is 0 Å². The zero-order valence-electron chi connectivity index (χ0n) is 7.61. The Kier molecular flexibility index (Phi) is 2.24. The Bertz CT molecular complexity index is 490. The topological polar surface area (TPSA) is 25.8 Å². The van der Waals surface area contributed by atoms with Crippen molar-refractivity contribution in [2.75, 3.05) is 0 Å². The van der Waals surface area contributed by atoms with E-state index in [0.29, 0.717) is 0 Å². The van der Waals surface area contributed by atoms with Gasteiger partial charge < -0.3 is 0 Å². The normalized spacial score (nSPS) is 15.9. The molecule has 0 radical (unpaired) electrons. The predicted octanol–water partition coefficient (Wildman–Crippen LogP) is 3.53. The number of nitrogens with zero attached hydrogens (tertiary/aromatic N) is 2. The maximum Gasteiger partial charge on any atom is 0.143 e. The van der Waals surface area contributed by atoms with E-state index in [2.05, 4.69) is 67.3 Å². The Morgan fingerprint density at radius 3 is 2.60 bits per heavy atom. The van der Waals surface area contributed by atoms with Gasteiger partial charge in [-0.1, -0.05) is 51.2 Å². The third-order valence-electron chi connectivity index (χ3n) is 2.51. The van der Waals surface area contributed by atoms with Crippen LogP contribution in [0.15, 0.2) is 36.7 Å². The van der Waals surface area contributed by atoms with Gasteiger partial charge in [0.05, 0.1) is 11.4 Å². The third-order valence-corrected chi connectivity index (χ3v) is 4.69. The van der Waals surface area contributed by atoms with Crippen molar-refractivity contribution < 1.29 is 0 Å². The fourth-order valence-corrected chi connectivity index (χ4v) is 3.58. The summed E-state index contributed by atoms with van der Waals surface area (Å²) in [6, 6.07) is 8.17. The van der Waals surface area contributed by atoms with Gasteiger partial charge in [-0.25, -0.2) is 0 Å². The fraction of sp³-hybridized carbons (Fsp3) is 0.0909. The molecule has 2 nitrogen and oxygen atoms in total. The van der Waals surface area contributed by atoms with E-state index in [0.717, 1.165) is 17.0 Å². The van der Waals surface area contributed by atoms with Crippen LogP contribution >= 0.6 is 45.2 Å². The predicted molar refractivity (Wildman–Crippen MR) is 76.3 cm³/mol. The summed E-state index contributed by atoms with van der Waals surface area (Å²) >= 11 is 4.87. The highest BCUT2D eigenvalue weighted by atomic mass is 127. The molecule has 3 rings (SSSR count). The van der Waals surface area contributed by atoms with E-state index in [9.17, 15) is 0 Å². The highest BCUT2D eigenvalue weighted by molar-refractivity contribution is 14.2. The molecule has 0 atom stereocenters. The molecule has 0 N–H and O–H groups in total. The zero-order chi connectivity index (χ0) is 10.5. The molecule has 0 aliphatic heterocycles. The SMILES string of the molecule is IC1(I)c2cccnc2-c2cccnc21. The van der Waals surface area contributed by atoms with E-state index >= 15 is 0 Å². The molecule has 0 saturated carbocycles. The second-order valence-electron chi connectivity index (χ2n) is 3.37. The van der Waals surface area contributed by atoms with Crippen molar-refractivity contribution in [3.63, 3.8) is 0 Å². The highest BCUT2D eigenvalue weighted by Gasteiger charge is 2.40. The lowest BCUT2D eigenvalue weighted by molar-refractivity contribution is 1.10. The van der Waals surface area contributed by atoms with Crippen LogP contribution in [0.3, 0.4) is 0 Å². The van der Waals surface area contributed by atoms with E-state index in [1.165, 1.54) is 5.56 Å². The molecule has 15 heavy (non-hydrogen) atoms. The first-order valence-electron chi connectivity index (χ1n) is 4.50. The molecule has 4 heteroatoms. The maximum atomic E-state index is 4.47.